The third-order valence-electron chi connectivity index (χ3n) is 4.61. The lowest BCUT2D eigenvalue weighted by Gasteiger charge is -2.28. The third kappa shape index (κ3) is 5.45. The van der Waals surface area contributed by atoms with E-state index >= 15 is 0 Å². The summed E-state index contributed by atoms with van der Waals surface area (Å²) >= 11 is 0. The zero-order valence-electron chi connectivity index (χ0n) is 14.2. The molecule has 2 N–H and O–H groups in total. The molecule has 0 atom stereocenters. The van der Waals surface area contributed by atoms with Gasteiger partial charge in [0.15, 0.2) is 0 Å². The molecule has 1 fully saturated rings. The van der Waals surface area contributed by atoms with Crippen LogP contribution in [0.1, 0.15) is 50.7 Å². The van der Waals surface area contributed by atoms with Gasteiger partial charge in [0.1, 0.15) is 0 Å². The Hall–Kier alpha value is -1.35. The number of nitrogens with one attached hydrogen (secondary N) is 2. The summed E-state index contributed by atoms with van der Waals surface area (Å²) in [6.45, 7) is 8.56. The molecule has 22 heavy (non-hydrogen) atoms. The first-order valence-corrected chi connectivity index (χ1v) is 8.52. The first-order chi connectivity index (χ1) is 10.5. The van der Waals surface area contributed by atoms with E-state index in [1.165, 1.54) is 24.0 Å². The summed E-state index contributed by atoms with van der Waals surface area (Å²) in [5.74, 6) is 0.906. The highest BCUT2D eigenvalue weighted by Gasteiger charge is 2.22. The molecule has 1 saturated heterocycles. The molecule has 0 saturated carbocycles. The van der Waals surface area contributed by atoms with Crippen molar-refractivity contribution in [2.45, 2.75) is 58.4 Å². The normalized spacial score (nSPS) is 16.5. The molecule has 1 amide bonds. The van der Waals surface area contributed by atoms with Crippen molar-refractivity contribution in [3.05, 3.63) is 35.4 Å². The predicted molar refractivity (Wildman–Crippen MR) is 91.9 cm³/mol. The summed E-state index contributed by atoms with van der Waals surface area (Å²) in [5.41, 5.74) is 2.41. The second-order valence-electron chi connectivity index (χ2n) is 7.27. The molecule has 1 aliphatic rings. The maximum atomic E-state index is 12.2. The minimum atomic E-state index is -0.197. The summed E-state index contributed by atoms with van der Waals surface area (Å²) in [6, 6.07) is 8.41. The highest BCUT2D eigenvalue weighted by molar-refractivity contribution is 5.76. The van der Waals surface area contributed by atoms with Crippen molar-refractivity contribution in [3.63, 3.8) is 0 Å². The highest BCUT2D eigenvalue weighted by atomic mass is 16.1. The summed E-state index contributed by atoms with van der Waals surface area (Å²) in [4.78, 5) is 12.2. The predicted octanol–water partition coefficient (Wildman–Crippen LogP) is 3.21. The molecule has 0 spiro atoms. The molecule has 1 aromatic rings. The van der Waals surface area contributed by atoms with E-state index < -0.39 is 0 Å². The fourth-order valence-corrected chi connectivity index (χ4v) is 3.27. The monoisotopic (exact) mass is 302 g/mol. The van der Waals surface area contributed by atoms with Gasteiger partial charge in [0.05, 0.1) is 0 Å². The Morgan fingerprint density at radius 3 is 2.64 bits per heavy atom. The summed E-state index contributed by atoms with van der Waals surface area (Å²) in [5, 5.41) is 6.59. The fraction of sp³-hybridized carbons (Fsp3) is 0.632. The minimum Gasteiger partial charge on any atom is -0.351 e. The van der Waals surface area contributed by atoms with Crippen molar-refractivity contribution >= 4 is 5.91 Å². The molecule has 0 aliphatic carbocycles. The molecular formula is C19H30N2O. The van der Waals surface area contributed by atoms with Crippen LogP contribution in [0.5, 0.6) is 0 Å². The molecular weight excluding hydrogens is 272 g/mol. The van der Waals surface area contributed by atoms with Gasteiger partial charge in [-0.3, -0.25) is 4.79 Å². The Bertz CT molecular complexity index is 490. The van der Waals surface area contributed by atoms with Gasteiger partial charge in [0.25, 0.3) is 0 Å². The van der Waals surface area contributed by atoms with Gasteiger partial charge in [0, 0.05) is 12.0 Å². The van der Waals surface area contributed by atoms with Gasteiger partial charge in [-0.15, -0.1) is 0 Å². The Kier molecular flexibility index (Phi) is 6.01. The lowest BCUT2D eigenvalue weighted by atomic mass is 9.91. The maximum absolute atomic E-state index is 12.2. The van der Waals surface area contributed by atoms with Crippen LogP contribution in [0.15, 0.2) is 24.3 Å². The molecule has 0 radical (unpaired) electrons. The van der Waals surface area contributed by atoms with E-state index in [0.717, 1.165) is 25.9 Å². The third-order valence-corrected chi connectivity index (χ3v) is 4.61. The van der Waals surface area contributed by atoms with Crippen molar-refractivity contribution in [3.8, 4) is 0 Å². The van der Waals surface area contributed by atoms with Gasteiger partial charge in [-0.25, -0.2) is 0 Å². The van der Waals surface area contributed by atoms with E-state index in [9.17, 15) is 4.79 Å². The lowest BCUT2D eigenvalue weighted by molar-refractivity contribution is -0.123. The van der Waals surface area contributed by atoms with Crippen LogP contribution in [0.2, 0.25) is 0 Å². The quantitative estimate of drug-likeness (QED) is 0.847. The number of aryl methyl sites for hydroxylation is 1. The van der Waals surface area contributed by atoms with Gasteiger partial charge < -0.3 is 10.6 Å². The average molecular weight is 302 g/mol. The number of hydrogen-bond acceptors (Lipinski definition) is 2. The van der Waals surface area contributed by atoms with Crippen LogP contribution in [0.4, 0.5) is 0 Å². The molecule has 1 aromatic carbocycles. The molecule has 0 unspecified atom stereocenters. The number of carbonyl (C=O) groups excluding carboxylic acids is 1. The van der Waals surface area contributed by atoms with Crippen LogP contribution >= 0.6 is 0 Å². The van der Waals surface area contributed by atoms with E-state index in [-0.39, 0.29) is 11.4 Å². The number of rotatable bonds is 6. The molecule has 2 rings (SSSR count). The standard InChI is InChI=1S/C19H30N2O/c1-15-6-4-5-7-17(15)14-19(2,3)21-18(22)9-8-16-10-12-20-13-11-16/h4-7,16,20H,8-14H2,1-3H3,(H,21,22). The van der Waals surface area contributed by atoms with Crippen LogP contribution < -0.4 is 10.6 Å². The Labute approximate surface area is 134 Å². The number of carbonyl (C=O) groups is 1. The van der Waals surface area contributed by atoms with E-state index in [2.05, 4.69) is 55.7 Å². The van der Waals surface area contributed by atoms with E-state index in [1.54, 1.807) is 0 Å². The minimum absolute atomic E-state index is 0.192. The maximum Gasteiger partial charge on any atom is 0.220 e. The van der Waals surface area contributed by atoms with Crippen molar-refractivity contribution in [1.29, 1.82) is 0 Å². The number of hydrogen-bond donors (Lipinski definition) is 2. The van der Waals surface area contributed by atoms with Crippen molar-refractivity contribution < 1.29 is 4.79 Å². The Morgan fingerprint density at radius 1 is 1.27 bits per heavy atom. The van der Waals surface area contributed by atoms with Gasteiger partial charge in [-0.05, 0) is 76.6 Å². The van der Waals surface area contributed by atoms with Gasteiger partial charge in [-0.2, -0.15) is 0 Å². The molecule has 3 nitrogen and oxygen atoms in total. The van der Waals surface area contributed by atoms with Gasteiger partial charge >= 0.3 is 0 Å². The topological polar surface area (TPSA) is 41.1 Å². The van der Waals surface area contributed by atoms with Crippen molar-refractivity contribution in [1.82, 2.24) is 10.6 Å². The van der Waals surface area contributed by atoms with Crippen LogP contribution in [-0.2, 0) is 11.2 Å². The van der Waals surface area contributed by atoms with Crippen LogP contribution in [0, 0.1) is 12.8 Å². The first kappa shape index (κ1) is 17.0. The zero-order valence-corrected chi connectivity index (χ0v) is 14.2. The summed E-state index contributed by atoms with van der Waals surface area (Å²) in [7, 11) is 0. The molecule has 122 valence electrons. The average Bonchev–Trinajstić information content (AvgIpc) is 2.48. The van der Waals surface area contributed by atoms with Crippen LogP contribution in [0.25, 0.3) is 0 Å². The SMILES string of the molecule is Cc1ccccc1CC(C)(C)NC(=O)CCC1CCNCC1. The zero-order chi connectivity index (χ0) is 16.0. The Balaban J connectivity index is 1.80. The fourth-order valence-electron chi connectivity index (χ4n) is 3.27. The largest absolute Gasteiger partial charge is 0.351 e. The van der Waals surface area contributed by atoms with E-state index in [0.29, 0.717) is 12.3 Å². The van der Waals surface area contributed by atoms with Gasteiger partial charge in [-0.1, -0.05) is 24.3 Å². The highest BCUT2D eigenvalue weighted by Crippen LogP contribution is 2.19. The van der Waals surface area contributed by atoms with E-state index in [4.69, 9.17) is 0 Å². The number of benzene rings is 1. The smallest absolute Gasteiger partial charge is 0.220 e. The molecule has 3 heteroatoms. The van der Waals surface area contributed by atoms with Crippen molar-refractivity contribution in [2.75, 3.05) is 13.1 Å². The number of piperidine rings is 1. The van der Waals surface area contributed by atoms with Crippen molar-refractivity contribution in [2.24, 2.45) is 5.92 Å². The first-order valence-electron chi connectivity index (χ1n) is 8.52. The Morgan fingerprint density at radius 2 is 1.95 bits per heavy atom. The number of amides is 1. The van der Waals surface area contributed by atoms with Crippen LogP contribution in [-0.4, -0.2) is 24.5 Å². The molecule has 0 aromatic heterocycles. The second kappa shape index (κ2) is 7.77. The lowest BCUT2D eigenvalue weighted by Crippen LogP contribution is -2.45. The van der Waals surface area contributed by atoms with Crippen LogP contribution in [0.3, 0.4) is 0 Å². The molecule has 1 heterocycles. The second-order valence-corrected chi connectivity index (χ2v) is 7.27. The molecule has 1 aliphatic heterocycles. The molecule has 0 bridgehead atoms. The summed E-state index contributed by atoms with van der Waals surface area (Å²) < 4.78 is 0. The van der Waals surface area contributed by atoms with E-state index in [1.807, 2.05) is 0 Å². The summed E-state index contributed by atoms with van der Waals surface area (Å²) in [6.07, 6.45) is 4.97. The van der Waals surface area contributed by atoms with Gasteiger partial charge in [0.2, 0.25) is 5.91 Å².